The molecule has 142 valence electrons. The number of carbonyl (C=O) groups is 1. The van der Waals surface area contributed by atoms with Crippen molar-refractivity contribution in [1.82, 2.24) is 14.9 Å². The molecule has 1 saturated heterocycles. The van der Waals surface area contributed by atoms with Crippen molar-refractivity contribution < 1.29 is 4.79 Å². The van der Waals surface area contributed by atoms with Crippen molar-refractivity contribution in [3.63, 3.8) is 0 Å². The van der Waals surface area contributed by atoms with Crippen LogP contribution in [-0.2, 0) is 6.54 Å². The molecule has 1 amide bonds. The highest BCUT2D eigenvalue weighted by atomic mass is 35.5. The molecular weight excluding hydrogens is 372 g/mol. The van der Waals surface area contributed by atoms with Gasteiger partial charge in [-0.05, 0) is 30.5 Å². The number of rotatable bonds is 5. The SMILES string of the molecule is O=C(c1cc(NCc2ccc(Cl)cc2)nc(-c2ccccc2)n1)N1CCCC1. The fourth-order valence-corrected chi connectivity index (χ4v) is 3.37. The molecule has 1 aromatic heterocycles. The van der Waals surface area contributed by atoms with Crippen molar-refractivity contribution in [3.8, 4) is 11.4 Å². The van der Waals surface area contributed by atoms with Gasteiger partial charge in [-0.25, -0.2) is 9.97 Å². The molecule has 3 aromatic rings. The van der Waals surface area contributed by atoms with E-state index in [1.54, 1.807) is 6.07 Å². The summed E-state index contributed by atoms with van der Waals surface area (Å²) in [6, 6.07) is 19.1. The van der Waals surface area contributed by atoms with Crippen LogP contribution in [0.15, 0.2) is 60.7 Å². The van der Waals surface area contributed by atoms with Gasteiger partial charge in [-0.15, -0.1) is 0 Å². The van der Waals surface area contributed by atoms with Gasteiger partial charge in [0.1, 0.15) is 11.5 Å². The second-order valence-corrected chi connectivity index (χ2v) is 7.24. The van der Waals surface area contributed by atoms with Crippen LogP contribution in [0.3, 0.4) is 0 Å². The molecule has 1 aliphatic rings. The van der Waals surface area contributed by atoms with E-state index in [0.717, 1.165) is 37.1 Å². The highest BCUT2D eigenvalue weighted by Crippen LogP contribution is 2.21. The molecule has 6 heteroatoms. The number of likely N-dealkylation sites (tertiary alicyclic amines) is 1. The van der Waals surface area contributed by atoms with Gasteiger partial charge in [0.2, 0.25) is 0 Å². The Balaban J connectivity index is 1.63. The monoisotopic (exact) mass is 392 g/mol. The second-order valence-electron chi connectivity index (χ2n) is 6.81. The molecule has 2 heterocycles. The Morgan fingerprint density at radius 3 is 2.43 bits per heavy atom. The molecule has 2 aromatic carbocycles. The molecule has 0 unspecified atom stereocenters. The lowest BCUT2D eigenvalue weighted by Gasteiger charge is -2.16. The Kier molecular flexibility index (Phi) is 5.53. The number of carbonyl (C=O) groups excluding carboxylic acids is 1. The number of halogens is 1. The second kappa shape index (κ2) is 8.40. The predicted octanol–water partition coefficient (Wildman–Crippen LogP) is 4.65. The summed E-state index contributed by atoms with van der Waals surface area (Å²) in [5, 5.41) is 4.02. The molecule has 0 atom stereocenters. The lowest BCUT2D eigenvalue weighted by molar-refractivity contribution is 0.0787. The van der Waals surface area contributed by atoms with Crippen LogP contribution in [0.2, 0.25) is 5.02 Å². The van der Waals surface area contributed by atoms with Crippen molar-refractivity contribution in [2.45, 2.75) is 19.4 Å². The van der Waals surface area contributed by atoms with E-state index in [9.17, 15) is 4.79 Å². The predicted molar refractivity (Wildman–Crippen MR) is 111 cm³/mol. The van der Waals surface area contributed by atoms with Crippen LogP contribution in [0, 0.1) is 0 Å². The van der Waals surface area contributed by atoms with E-state index >= 15 is 0 Å². The van der Waals surface area contributed by atoms with E-state index in [0.29, 0.717) is 28.9 Å². The van der Waals surface area contributed by atoms with Crippen LogP contribution in [0.4, 0.5) is 5.82 Å². The zero-order valence-corrected chi connectivity index (χ0v) is 16.2. The number of aromatic nitrogens is 2. The minimum atomic E-state index is -0.0355. The summed E-state index contributed by atoms with van der Waals surface area (Å²) in [6.45, 7) is 2.16. The molecule has 28 heavy (non-hydrogen) atoms. The third-order valence-corrected chi connectivity index (χ3v) is 5.01. The fourth-order valence-electron chi connectivity index (χ4n) is 3.24. The first-order valence-electron chi connectivity index (χ1n) is 9.41. The van der Waals surface area contributed by atoms with Gasteiger partial charge in [0.25, 0.3) is 5.91 Å². The van der Waals surface area contributed by atoms with Gasteiger partial charge in [0, 0.05) is 36.3 Å². The molecule has 1 N–H and O–H groups in total. The molecule has 0 saturated carbocycles. The van der Waals surface area contributed by atoms with E-state index in [-0.39, 0.29) is 5.91 Å². The molecule has 5 nitrogen and oxygen atoms in total. The van der Waals surface area contributed by atoms with Crippen LogP contribution in [0.25, 0.3) is 11.4 Å². The Bertz CT molecular complexity index is 954. The van der Waals surface area contributed by atoms with Crippen molar-refractivity contribution in [3.05, 3.63) is 76.9 Å². The number of hydrogen-bond donors (Lipinski definition) is 1. The molecule has 0 aliphatic carbocycles. The van der Waals surface area contributed by atoms with E-state index in [1.807, 2.05) is 59.5 Å². The van der Waals surface area contributed by atoms with Gasteiger partial charge in [0.05, 0.1) is 0 Å². The fraction of sp³-hybridized carbons (Fsp3) is 0.227. The Morgan fingerprint density at radius 1 is 1.00 bits per heavy atom. The Hall–Kier alpha value is -2.92. The van der Waals surface area contributed by atoms with Crippen LogP contribution in [0.1, 0.15) is 28.9 Å². The molecule has 1 fully saturated rings. The number of anilines is 1. The first-order valence-corrected chi connectivity index (χ1v) is 9.79. The number of benzene rings is 2. The highest BCUT2D eigenvalue weighted by molar-refractivity contribution is 6.30. The molecule has 1 aliphatic heterocycles. The van der Waals surface area contributed by atoms with Crippen molar-refractivity contribution in [2.24, 2.45) is 0 Å². The smallest absolute Gasteiger partial charge is 0.272 e. The molecule has 4 rings (SSSR count). The maximum absolute atomic E-state index is 12.9. The Labute approximate surface area is 169 Å². The Morgan fingerprint density at radius 2 is 1.71 bits per heavy atom. The van der Waals surface area contributed by atoms with E-state index in [2.05, 4.69) is 15.3 Å². The minimum Gasteiger partial charge on any atom is -0.366 e. The van der Waals surface area contributed by atoms with Gasteiger partial charge in [-0.2, -0.15) is 0 Å². The largest absolute Gasteiger partial charge is 0.366 e. The quantitative estimate of drug-likeness (QED) is 0.686. The van der Waals surface area contributed by atoms with Crippen molar-refractivity contribution >= 4 is 23.3 Å². The lowest BCUT2D eigenvalue weighted by atomic mass is 10.2. The van der Waals surface area contributed by atoms with E-state index in [1.165, 1.54) is 0 Å². The molecule has 0 spiro atoms. The summed E-state index contributed by atoms with van der Waals surface area (Å²) in [6.07, 6.45) is 2.09. The van der Waals surface area contributed by atoms with Gasteiger partial charge < -0.3 is 10.2 Å². The average Bonchev–Trinajstić information content (AvgIpc) is 3.28. The van der Waals surface area contributed by atoms with Crippen LogP contribution in [0.5, 0.6) is 0 Å². The van der Waals surface area contributed by atoms with Crippen LogP contribution < -0.4 is 5.32 Å². The summed E-state index contributed by atoms with van der Waals surface area (Å²) in [5.41, 5.74) is 2.39. The highest BCUT2D eigenvalue weighted by Gasteiger charge is 2.22. The summed E-state index contributed by atoms with van der Waals surface area (Å²) < 4.78 is 0. The first kappa shape index (κ1) is 18.4. The summed E-state index contributed by atoms with van der Waals surface area (Å²) in [7, 11) is 0. The summed E-state index contributed by atoms with van der Waals surface area (Å²) in [5.74, 6) is 1.14. The maximum Gasteiger partial charge on any atom is 0.272 e. The van der Waals surface area contributed by atoms with Crippen LogP contribution >= 0.6 is 11.6 Å². The lowest BCUT2D eigenvalue weighted by Crippen LogP contribution is -2.28. The van der Waals surface area contributed by atoms with Crippen molar-refractivity contribution in [2.75, 3.05) is 18.4 Å². The molecule has 0 bridgehead atoms. The van der Waals surface area contributed by atoms with Gasteiger partial charge in [0.15, 0.2) is 5.82 Å². The van der Waals surface area contributed by atoms with Gasteiger partial charge in [-0.1, -0.05) is 54.1 Å². The zero-order chi connectivity index (χ0) is 19.3. The minimum absolute atomic E-state index is 0.0355. The number of amides is 1. The number of nitrogens with zero attached hydrogens (tertiary/aromatic N) is 3. The summed E-state index contributed by atoms with van der Waals surface area (Å²) in [4.78, 5) is 23.9. The van der Waals surface area contributed by atoms with Gasteiger partial charge >= 0.3 is 0 Å². The maximum atomic E-state index is 12.9. The first-order chi connectivity index (χ1) is 13.7. The van der Waals surface area contributed by atoms with Crippen LogP contribution in [-0.4, -0.2) is 33.9 Å². The zero-order valence-electron chi connectivity index (χ0n) is 15.4. The number of hydrogen-bond acceptors (Lipinski definition) is 4. The van der Waals surface area contributed by atoms with E-state index < -0.39 is 0 Å². The van der Waals surface area contributed by atoms with E-state index in [4.69, 9.17) is 11.6 Å². The third kappa shape index (κ3) is 4.31. The third-order valence-electron chi connectivity index (χ3n) is 4.76. The summed E-state index contributed by atoms with van der Waals surface area (Å²) >= 11 is 5.95. The normalized spacial score (nSPS) is 13.5. The van der Waals surface area contributed by atoms with Crippen molar-refractivity contribution in [1.29, 1.82) is 0 Å². The standard InChI is InChI=1S/C22H21ClN4O/c23-18-10-8-16(9-11-18)15-24-20-14-19(22(28)27-12-4-5-13-27)25-21(26-20)17-6-2-1-3-7-17/h1-3,6-11,14H,4-5,12-13,15H2,(H,24,25,26). The number of nitrogens with one attached hydrogen (secondary N) is 1. The molecule has 0 radical (unpaired) electrons. The van der Waals surface area contributed by atoms with Gasteiger partial charge in [-0.3, -0.25) is 4.79 Å². The average molecular weight is 393 g/mol. The molecular formula is C22H21ClN4O. The topological polar surface area (TPSA) is 58.1 Å².